The highest BCUT2D eigenvalue weighted by atomic mass is 35.5. The second kappa shape index (κ2) is 8.47. The molecule has 2 aromatic heterocycles. The maximum Gasteiger partial charge on any atom is 0.258 e. The smallest absolute Gasteiger partial charge is 0.258 e. The van der Waals surface area contributed by atoms with Gasteiger partial charge in [-0.05, 0) is 24.7 Å². The summed E-state index contributed by atoms with van der Waals surface area (Å²) >= 11 is 0. The maximum absolute atomic E-state index is 5.64. The van der Waals surface area contributed by atoms with Gasteiger partial charge in [-0.3, -0.25) is 0 Å². The Morgan fingerprint density at radius 3 is 2.48 bits per heavy atom. The number of hydrogen-bond acceptors (Lipinski definition) is 7. The molecule has 8 heteroatoms. The van der Waals surface area contributed by atoms with Crippen LogP contribution in [-0.4, -0.2) is 53.3 Å². The van der Waals surface area contributed by atoms with Gasteiger partial charge in [-0.1, -0.05) is 29.4 Å². The molecule has 1 fully saturated rings. The lowest BCUT2D eigenvalue weighted by Crippen LogP contribution is -2.44. The summed E-state index contributed by atoms with van der Waals surface area (Å²) in [7, 11) is 2.14. The van der Waals surface area contributed by atoms with Crippen LogP contribution >= 0.6 is 12.4 Å². The molecule has 7 nitrogen and oxygen atoms in total. The van der Waals surface area contributed by atoms with E-state index in [4.69, 9.17) is 10.3 Å². The first-order chi connectivity index (χ1) is 12.7. The molecule has 142 valence electrons. The lowest BCUT2D eigenvalue weighted by molar-refractivity contribution is 0.312. The van der Waals surface area contributed by atoms with Gasteiger partial charge in [-0.15, -0.1) is 12.4 Å². The molecule has 1 aliphatic rings. The number of aromatic nitrogens is 3. The Kier molecular flexibility index (Phi) is 6.05. The first-order valence-corrected chi connectivity index (χ1v) is 8.76. The van der Waals surface area contributed by atoms with Gasteiger partial charge in [0.05, 0.1) is 0 Å². The second-order valence-electron chi connectivity index (χ2n) is 6.52. The zero-order valence-corrected chi connectivity index (χ0v) is 16.0. The number of nitrogens with zero attached hydrogens (tertiary/aromatic N) is 5. The number of anilines is 1. The van der Waals surface area contributed by atoms with Crippen LogP contribution in [0.2, 0.25) is 0 Å². The molecule has 0 aliphatic carbocycles. The number of piperazine rings is 1. The van der Waals surface area contributed by atoms with Crippen molar-refractivity contribution < 1.29 is 4.52 Å². The number of halogens is 1. The van der Waals surface area contributed by atoms with Crippen molar-refractivity contribution in [1.29, 1.82) is 0 Å². The molecule has 1 saturated heterocycles. The summed E-state index contributed by atoms with van der Waals surface area (Å²) in [5.41, 5.74) is 8.50. The zero-order valence-electron chi connectivity index (χ0n) is 15.2. The fourth-order valence-electron chi connectivity index (χ4n) is 3.01. The van der Waals surface area contributed by atoms with Crippen molar-refractivity contribution in [1.82, 2.24) is 20.0 Å². The first kappa shape index (κ1) is 19.3. The number of benzene rings is 1. The average molecular weight is 387 g/mol. The molecule has 27 heavy (non-hydrogen) atoms. The van der Waals surface area contributed by atoms with Crippen LogP contribution in [0.5, 0.6) is 0 Å². The normalized spacial score (nSPS) is 14.8. The van der Waals surface area contributed by atoms with E-state index in [0.717, 1.165) is 48.7 Å². The highest BCUT2D eigenvalue weighted by Gasteiger charge is 2.17. The SMILES string of the molecule is CN1CCN(c2cc(-c3nc(-c4ccc(CN)cc4)no3)ccn2)CC1.Cl. The van der Waals surface area contributed by atoms with E-state index in [1.807, 2.05) is 36.4 Å². The minimum Gasteiger partial charge on any atom is -0.354 e. The van der Waals surface area contributed by atoms with E-state index in [0.29, 0.717) is 18.3 Å². The van der Waals surface area contributed by atoms with E-state index in [-0.39, 0.29) is 12.4 Å². The molecule has 3 heterocycles. The summed E-state index contributed by atoms with van der Waals surface area (Å²) in [4.78, 5) is 13.6. The fraction of sp³-hybridized carbons (Fsp3) is 0.316. The molecule has 3 aromatic rings. The van der Waals surface area contributed by atoms with Gasteiger partial charge in [0.1, 0.15) is 5.82 Å². The number of hydrogen-bond donors (Lipinski definition) is 1. The third-order valence-electron chi connectivity index (χ3n) is 4.69. The highest BCUT2D eigenvalue weighted by molar-refractivity contribution is 5.85. The van der Waals surface area contributed by atoms with E-state index in [2.05, 4.69) is 32.0 Å². The molecular formula is C19H23ClN6O. The number of likely N-dealkylation sites (N-methyl/N-ethyl adjacent to an activating group) is 1. The van der Waals surface area contributed by atoms with Crippen molar-refractivity contribution in [2.75, 3.05) is 38.1 Å². The third kappa shape index (κ3) is 4.27. The van der Waals surface area contributed by atoms with Crippen molar-refractivity contribution in [2.45, 2.75) is 6.54 Å². The minimum atomic E-state index is 0. The van der Waals surface area contributed by atoms with E-state index < -0.39 is 0 Å². The van der Waals surface area contributed by atoms with Gasteiger partial charge >= 0.3 is 0 Å². The van der Waals surface area contributed by atoms with Crippen LogP contribution in [0.3, 0.4) is 0 Å². The molecular weight excluding hydrogens is 364 g/mol. The Hall–Kier alpha value is -2.48. The molecule has 0 amide bonds. The monoisotopic (exact) mass is 386 g/mol. The van der Waals surface area contributed by atoms with E-state index in [9.17, 15) is 0 Å². The third-order valence-corrected chi connectivity index (χ3v) is 4.69. The molecule has 0 bridgehead atoms. The van der Waals surface area contributed by atoms with Crippen molar-refractivity contribution in [3.05, 3.63) is 48.2 Å². The zero-order chi connectivity index (χ0) is 17.9. The van der Waals surface area contributed by atoms with Crippen LogP contribution in [0.1, 0.15) is 5.56 Å². The number of pyridine rings is 1. The van der Waals surface area contributed by atoms with Crippen LogP contribution in [-0.2, 0) is 6.54 Å². The van der Waals surface area contributed by atoms with Gasteiger partial charge in [0.2, 0.25) is 5.82 Å². The van der Waals surface area contributed by atoms with Gasteiger partial charge in [-0.25, -0.2) is 4.98 Å². The standard InChI is InChI=1S/C19H22N6O.ClH/c1-24-8-10-25(11-9-24)17-12-16(6-7-21-17)19-22-18(23-26-19)15-4-2-14(13-20)3-5-15;/h2-7,12H,8-11,13,20H2,1H3;1H. The van der Waals surface area contributed by atoms with E-state index >= 15 is 0 Å². The molecule has 1 aromatic carbocycles. The minimum absolute atomic E-state index is 0. The molecule has 0 atom stereocenters. The molecule has 0 spiro atoms. The lowest BCUT2D eigenvalue weighted by Gasteiger charge is -2.33. The van der Waals surface area contributed by atoms with Crippen LogP contribution < -0.4 is 10.6 Å². The van der Waals surface area contributed by atoms with E-state index in [1.54, 1.807) is 6.20 Å². The summed E-state index contributed by atoms with van der Waals surface area (Å²) in [6.07, 6.45) is 1.79. The second-order valence-corrected chi connectivity index (χ2v) is 6.52. The topological polar surface area (TPSA) is 84.3 Å². The summed E-state index contributed by atoms with van der Waals surface area (Å²) in [5, 5.41) is 4.11. The van der Waals surface area contributed by atoms with Crippen molar-refractivity contribution in [3.63, 3.8) is 0 Å². The predicted octanol–water partition coefficient (Wildman–Crippen LogP) is 2.43. The quantitative estimate of drug-likeness (QED) is 0.737. The maximum atomic E-state index is 5.64. The Balaban J connectivity index is 0.00000210. The highest BCUT2D eigenvalue weighted by Crippen LogP contribution is 2.25. The van der Waals surface area contributed by atoms with Crippen molar-refractivity contribution >= 4 is 18.2 Å². The molecule has 2 N–H and O–H groups in total. The van der Waals surface area contributed by atoms with Crippen molar-refractivity contribution in [3.8, 4) is 22.8 Å². The van der Waals surface area contributed by atoms with Crippen LogP contribution in [0.25, 0.3) is 22.8 Å². The van der Waals surface area contributed by atoms with Gasteiger partial charge in [0, 0.05) is 50.0 Å². The lowest BCUT2D eigenvalue weighted by atomic mass is 10.1. The van der Waals surface area contributed by atoms with Crippen LogP contribution in [0.4, 0.5) is 5.82 Å². The predicted molar refractivity (Wildman–Crippen MR) is 108 cm³/mol. The molecule has 0 saturated carbocycles. The molecule has 4 rings (SSSR count). The van der Waals surface area contributed by atoms with Gasteiger partial charge < -0.3 is 20.1 Å². The Morgan fingerprint density at radius 2 is 1.78 bits per heavy atom. The summed E-state index contributed by atoms with van der Waals surface area (Å²) in [6, 6.07) is 11.8. The molecule has 1 aliphatic heterocycles. The Bertz CT molecular complexity index is 874. The van der Waals surface area contributed by atoms with Gasteiger partial charge in [0.25, 0.3) is 5.89 Å². The van der Waals surface area contributed by atoms with E-state index in [1.165, 1.54) is 0 Å². The summed E-state index contributed by atoms with van der Waals surface area (Å²) in [6.45, 7) is 4.53. The number of nitrogens with two attached hydrogens (primary N) is 1. The Labute approximate surface area is 164 Å². The number of rotatable bonds is 4. The Morgan fingerprint density at radius 1 is 1.04 bits per heavy atom. The largest absolute Gasteiger partial charge is 0.354 e. The van der Waals surface area contributed by atoms with Gasteiger partial charge in [0.15, 0.2) is 0 Å². The summed E-state index contributed by atoms with van der Waals surface area (Å²) in [5.74, 6) is 2.02. The first-order valence-electron chi connectivity index (χ1n) is 8.76. The summed E-state index contributed by atoms with van der Waals surface area (Å²) < 4.78 is 5.48. The van der Waals surface area contributed by atoms with Gasteiger partial charge in [-0.2, -0.15) is 4.98 Å². The van der Waals surface area contributed by atoms with Crippen molar-refractivity contribution in [2.24, 2.45) is 5.73 Å². The molecule has 0 radical (unpaired) electrons. The molecule has 0 unspecified atom stereocenters. The average Bonchev–Trinajstić information content (AvgIpc) is 3.19. The fourth-order valence-corrected chi connectivity index (χ4v) is 3.01. The van der Waals surface area contributed by atoms with Crippen LogP contribution in [0, 0.1) is 0 Å². The van der Waals surface area contributed by atoms with Crippen LogP contribution in [0.15, 0.2) is 47.1 Å².